The fourth-order valence-electron chi connectivity index (χ4n) is 0.634. The topological polar surface area (TPSA) is 38.3 Å². The highest BCUT2D eigenvalue weighted by molar-refractivity contribution is 5.79. The summed E-state index contributed by atoms with van der Waals surface area (Å²) in [5.74, 6) is 0.190. The van der Waals surface area contributed by atoms with Crippen molar-refractivity contribution in [1.29, 1.82) is 0 Å². The number of hydrogen-bond acceptors (Lipinski definition) is 3. The van der Waals surface area contributed by atoms with Gasteiger partial charge in [-0.05, 0) is 6.42 Å². The van der Waals surface area contributed by atoms with Gasteiger partial charge in [-0.15, -0.1) is 0 Å². The van der Waals surface area contributed by atoms with E-state index < -0.39 is 0 Å². The van der Waals surface area contributed by atoms with Gasteiger partial charge < -0.3 is 0 Å². The van der Waals surface area contributed by atoms with Crippen LogP contribution in [0, 0.1) is 0 Å². The van der Waals surface area contributed by atoms with Gasteiger partial charge in [-0.2, -0.15) is 0 Å². The van der Waals surface area contributed by atoms with Crippen LogP contribution in [0.2, 0.25) is 0 Å². The molecule has 0 spiro atoms. The summed E-state index contributed by atoms with van der Waals surface area (Å²) in [6.07, 6.45) is 1.56. The SMILES string of the molecule is O=C1CCCNOC1. The fraction of sp³-hybridized carbons (Fsp3) is 0.800. The summed E-state index contributed by atoms with van der Waals surface area (Å²) in [5, 5.41) is 0. The van der Waals surface area contributed by atoms with Crippen molar-refractivity contribution in [1.82, 2.24) is 5.48 Å². The summed E-state index contributed by atoms with van der Waals surface area (Å²) in [6, 6.07) is 0. The van der Waals surface area contributed by atoms with Crippen LogP contribution in [-0.4, -0.2) is 18.9 Å². The molecule has 0 aromatic carbocycles. The van der Waals surface area contributed by atoms with E-state index in [9.17, 15) is 4.79 Å². The zero-order chi connectivity index (χ0) is 5.82. The Balaban J connectivity index is 2.27. The molecule has 0 aromatic rings. The van der Waals surface area contributed by atoms with Crippen molar-refractivity contribution >= 4 is 5.78 Å². The predicted octanol–water partition coefficient (Wildman–Crippen LogP) is -0.130. The molecule has 3 heteroatoms. The van der Waals surface area contributed by atoms with Crippen LogP contribution in [0.15, 0.2) is 0 Å². The maximum atomic E-state index is 10.5. The lowest BCUT2D eigenvalue weighted by molar-refractivity contribution is -0.124. The van der Waals surface area contributed by atoms with E-state index in [4.69, 9.17) is 4.84 Å². The second-order valence-corrected chi connectivity index (χ2v) is 1.83. The third-order valence-electron chi connectivity index (χ3n) is 1.07. The van der Waals surface area contributed by atoms with Gasteiger partial charge in [-0.3, -0.25) is 9.63 Å². The molecule has 0 saturated carbocycles. The van der Waals surface area contributed by atoms with Crippen molar-refractivity contribution in [2.24, 2.45) is 0 Å². The van der Waals surface area contributed by atoms with E-state index in [1.54, 1.807) is 0 Å². The van der Waals surface area contributed by atoms with Crippen molar-refractivity contribution in [3.05, 3.63) is 0 Å². The number of carbonyl (C=O) groups excluding carboxylic acids is 1. The first-order chi connectivity index (χ1) is 3.89. The third kappa shape index (κ3) is 1.60. The molecule has 1 rings (SSSR count). The van der Waals surface area contributed by atoms with Gasteiger partial charge in [0.25, 0.3) is 0 Å². The lowest BCUT2D eigenvalue weighted by Crippen LogP contribution is -2.14. The Labute approximate surface area is 48.0 Å². The minimum atomic E-state index is 0.190. The normalized spacial score (nSPS) is 22.8. The standard InChI is InChI=1S/C5H9NO2/c7-5-2-1-3-6-8-4-5/h6H,1-4H2. The molecule has 0 aliphatic carbocycles. The summed E-state index contributed by atoms with van der Waals surface area (Å²) in [4.78, 5) is 15.2. The number of carbonyl (C=O) groups is 1. The van der Waals surface area contributed by atoms with E-state index in [1.165, 1.54) is 0 Å². The van der Waals surface area contributed by atoms with Crippen molar-refractivity contribution < 1.29 is 9.63 Å². The quantitative estimate of drug-likeness (QED) is 0.478. The molecule has 0 unspecified atom stereocenters. The molecule has 0 aromatic heterocycles. The molecular formula is C5H9NO2. The van der Waals surface area contributed by atoms with Gasteiger partial charge >= 0.3 is 0 Å². The van der Waals surface area contributed by atoms with Crippen LogP contribution in [0.4, 0.5) is 0 Å². The first-order valence-corrected chi connectivity index (χ1v) is 2.76. The number of ketones is 1. The highest BCUT2D eigenvalue weighted by Gasteiger charge is 2.04. The molecule has 3 nitrogen and oxygen atoms in total. The van der Waals surface area contributed by atoms with E-state index in [0.717, 1.165) is 13.0 Å². The molecule has 0 bridgehead atoms. The van der Waals surface area contributed by atoms with Crippen LogP contribution in [-0.2, 0) is 9.63 Å². The Kier molecular flexibility index (Phi) is 2.00. The van der Waals surface area contributed by atoms with E-state index in [1.807, 2.05) is 0 Å². The lowest BCUT2D eigenvalue weighted by atomic mass is 10.2. The summed E-state index contributed by atoms with van der Waals surface area (Å²) < 4.78 is 0. The Bertz CT molecular complexity index is 82.4. The zero-order valence-electron chi connectivity index (χ0n) is 4.64. The average Bonchev–Trinajstić information content (AvgIpc) is 1.94. The predicted molar refractivity (Wildman–Crippen MR) is 28.2 cm³/mol. The van der Waals surface area contributed by atoms with Gasteiger partial charge in [0.15, 0.2) is 5.78 Å². The second kappa shape index (κ2) is 2.79. The first kappa shape index (κ1) is 5.72. The Morgan fingerprint density at radius 3 is 3.38 bits per heavy atom. The van der Waals surface area contributed by atoms with Crippen LogP contribution in [0.1, 0.15) is 12.8 Å². The molecule has 1 aliphatic rings. The van der Waals surface area contributed by atoms with Crippen molar-refractivity contribution in [2.45, 2.75) is 12.8 Å². The van der Waals surface area contributed by atoms with Crippen LogP contribution >= 0.6 is 0 Å². The molecule has 0 atom stereocenters. The first-order valence-electron chi connectivity index (χ1n) is 2.76. The molecule has 1 saturated heterocycles. The third-order valence-corrected chi connectivity index (χ3v) is 1.07. The number of hydrogen-bond donors (Lipinski definition) is 1. The molecule has 46 valence electrons. The largest absolute Gasteiger partial charge is 0.297 e. The van der Waals surface area contributed by atoms with Crippen molar-refractivity contribution in [2.75, 3.05) is 13.2 Å². The molecule has 1 heterocycles. The summed E-state index contributed by atoms with van der Waals surface area (Å²) in [7, 11) is 0. The maximum absolute atomic E-state index is 10.5. The van der Waals surface area contributed by atoms with Gasteiger partial charge in [0.05, 0.1) is 0 Å². The molecule has 0 amide bonds. The Morgan fingerprint density at radius 2 is 2.50 bits per heavy atom. The Hall–Kier alpha value is -0.410. The maximum Gasteiger partial charge on any atom is 0.160 e. The molecule has 1 N–H and O–H groups in total. The average molecular weight is 115 g/mol. The van der Waals surface area contributed by atoms with E-state index in [0.29, 0.717) is 6.42 Å². The van der Waals surface area contributed by atoms with E-state index in [2.05, 4.69) is 5.48 Å². The Morgan fingerprint density at radius 1 is 1.62 bits per heavy atom. The van der Waals surface area contributed by atoms with E-state index >= 15 is 0 Å². The molecule has 1 fully saturated rings. The summed E-state index contributed by atoms with van der Waals surface area (Å²) >= 11 is 0. The molecule has 8 heavy (non-hydrogen) atoms. The van der Waals surface area contributed by atoms with Gasteiger partial charge in [-0.25, -0.2) is 5.48 Å². The van der Waals surface area contributed by atoms with Crippen molar-refractivity contribution in [3.63, 3.8) is 0 Å². The number of Topliss-reactive ketones (excluding diaryl/α,β-unsaturated/α-hetero) is 1. The van der Waals surface area contributed by atoms with Gasteiger partial charge in [0, 0.05) is 13.0 Å². The zero-order valence-corrected chi connectivity index (χ0v) is 4.64. The fourth-order valence-corrected chi connectivity index (χ4v) is 0.634. The lowest BCUT2D eigenvalue weighted by Gasteiger charge is -1.93. The summed E-state index contributed by atoms with van der Waals surface area (Å²) in [5.41, 5.74) is 2.66. The molecule has 1 aliphatic heterocycles. The minimum absolute atomic E-state index is 0.190. The van der Waals surface area contributed by atoms with Gasteiger partial charge in [-0.1, -0.05) is 0 Å². The minimum Gasteiger partial charge on any atom is -0.297 e. The monoisotopic (exact) mass is 115 g/mol. The molecular weight excluding hydrogens is 106 g/mol. The van der Waals surface area contributed by atoms with E-state index in [-0.39, 0.29) is 12.4 Å². The van der Waals surface area contributed by atoms with Crippen LogP contribution < -0.4 is 5.48 Å². The molecule has 0 radical (unpaired) electrons. The van der Waals surface area contributed by atoms with Crippen LogP contribution in [0.5, 0.6) is 0 Å². The van der Waals surface area contributed by atoms with Gasteiger partial charge in [0.2, 0.25) is 0 Å². The highest BCUT2D eigenvalue weighted by atomic mass is 16.6. The summed E-state index contributed by atoms with van der Waals surface area (Å²) in [6.45, 7) is 1.03. The van der Waals surface area contributed by atoms with Crippen molar-refractivity contribution in [3.8, 4) is 0 Å². The van der Waals surface area contributed by atoms with Crippen LogP contribution in [0.25, 0.3) is 0 Å². The van der Waals surface area contributed by atoms with Gasteiger partial charge in [0.1, 0.15) is 6.61 Å². The van der Waals surface area contributed by atoms with Crippen LogP contribution in [0.3, 0.4) is 0 Å². The number of nitrogens with one attached hydrogen (secondary N) is 1. The smallest absolute Gasteiger partial charge is 0.160 e. The highest BCUT2D eigenvalue weighted by Crippen LogP contribution is 1.93. The second-order valence-electron chi connectivity index (χ2n) is 1.83. The number of hydroxylamine groups is 1. The number of rotatable bonds is 0.